The summed E-state index contributed by atoms with van der Waals surface area (Å²) in [4.78, 5) is 28.9. The van der Waals surface area contributed by atoms with Crippen LogP contribution in [0.3, 0.4) is 0 Å². The van der Waals surface area contributed by atoms with Crippen LogP contribution in [0, 0.1) is 0 Å². The van der Waals surface area contributed by atoms with Gasteiger partial charge in [0.15, 0.2) is 0 Å². The molecule has 0 saturated heterocycles. The van der Waals surface area contributed by atoms with Gasteiger partial charge in [-0.05, 0) is 36.2 Å². The highest BCUT2D eigenvalue weighted by molar-refractivity contribution is 6.34. The Bertz CT molecular complexity index is 1030. The molecule has 0 fully saturated rings. The van der Waals surface area contributed by atoms with Crippen LogP contribution < -0.4 is 10.6 Å². The molecule has 6 heteroatoms. The lowest BCUT2D eigenvalue weighted by atomic mass is 10.0. The second kappa shape index (κ2) is 7.76. The highest BCUT2D eigenvalue weighted by Crippen LogP contribution is 2.28. The van der Waals surface area contributed by atoms with Crippen molar-refractivity contribution in [2.45, 2.75) is 26.7 Å². The van der Waals surface area contributed by atoms with Crippen LogP contribution in [0.4, 0.5) is 11.4 Å². The van der Waals surface area contributed by atoms with E-state index in [9.17, 15) is 9.59 Å². The zero-order chi connectivity index (χ0) is 19.6. The van der Waals surface area contributed by atoms with Crippen LogP contribution >= 0.6 is 11.6 Å². The minimum Gasteiger partial charge on any atom is -0.326 e. The minimum atomic E-state index is -0.280. The smallest absolute Gasteiger partial charge is 0.256 e. The number of pyridine rings is 1. The van der Waals surface area contributed by atoms with Gasteiger partial charge in [0.05, 0.1) is 21.8 Å². The van der Waals surface area contributed by atoms with E-state index in [1.807, 2.05) is 44.2 Å². The van der Waals surface area contributed by atoms with Gasteiger partial charge in [0.25, 0.3) is 5.91 Å². The number of para-hydroxylation sites is 1. The SMILES string of the molecule is CC(=O)Nc1ccc(Cl)c(NC(=O)c2cc(C(C)C)nc3ccccc23)c1. The molecule has 2 aromatic carbocycles. The first-order chi connectivity index (χ1) is 12.8. The molecule has 1 aromatic heterocycles. The largest absolute Gasteiger partial charge is 0.326 e. The number of carbonyl (C=O) groups is 2. The van der Waals surface area contributed by atoms with Gasteiger partial charge < -0.3 is 10.6 Å². The summed E-state index contributed by atoms with van der Waals surface area (Å²) in [6.45, 7) is 5.49. The Morgan fingerprint density at radius 1 is 1.04 bits per heavy atom. The van der Waals surface area contributed by atoms with E-state index in [1.165, 1.54) is 6.92 Å². The van der Waals surface area contributed by atoms with Gasteiger partial charge in [-0.3, -0.25) is 14.6 Å². The number of hydrogen-bond donors (Lipinski definition) is 2. The van der Waals surface area contributed by atoms with Gasteiger partial charge in [0, 0.05) is 23.7 Å². The molecule has 0 bridgehead atoms. The Balaban J connectivity index is 2.00. The molecular formula is C21H20ClN3O2. The fourth-order valence-electron chi connectivity index (χ4n) is 2.77. The highest BCUT2D eigenvalue weighted by Gasteiger charge is 2.16. The van der Waals surface area contributed by atoms with Crippen LogP contribution in [0.25, 0.3) is 10.9 Å². The lowest BCUT2D eigenvalue weighted by Gasteiger charge is -2.13. The number of benzene rings is 2. The Labute approximate surface area is 162 Å². The van der Waals surface area contributed by atoms with E-state index in [4.69, 9.17) is 11.6 Å². The van der Waals surface area contributed by atoms with Crippen LogP contribution in [-0.4, -0.2) is 16.8 Å². The first-order valence-electron chi connectivity index (χ1n) is 8.63. The van der Waals surface area contributed by atoms with Crippen LogP contribution in [-0.2, 0) is 4.79 Å². The molecule has 2 N–H and O–H groups in total. The van der Waals surface area contributed by atoms with E-state index in [2.05, 4.69) is 15.6 Å². The summed E-state index contributed by atoms with van der Waals surface area (Å²) >= 11 is 6.22. The average Bonchev–Trinajstić information content (AvgIpc) is 2.63. The van der Waals surface area contributed by atoms with Gasteiger partial charge in [-0.1, -0.05) is 43.6 Å². The summed E-state index contributed by atoms with van der Waals surface area (Å²) in [6.07, 6.45) is 0. The third-order valence-corrected chi connectivity index (χ3v) is 4.44. The fraction of sp³-hybridized carbons (Fsp3) is 0.190. The summed E-state index contributed by atoms with van der Waals surface area (Å²) in [6, 6.07) is 14.3. The first kappa shape index (κ1) is 18.9. The highest BCUT2D eigenvalue weighted by atomic mass is 35.5. The lowest BCUT2D eigenvalue weighted by molar-refractivity contribution is -0.114. The molecule has 0 aliphatic heterocycles. The van der Waals surface area contributed by atoms with Crippen molar-refractivity contribution in [3.05, 3.63) is 64.8 Å². The number of rotatable bonds is 4. The van der Waals surface area contributed by atoms with E-state index in [1.54, 1.807) is 18.2 Å². The predicted molar refractivity (Wildman–Crippen MR) is 110 cm³/mol. The molecule has 0 unspecified atom stereocenters. The second-order valence-corrected chi connectivity index (χ2v) is 7.00. The van der Waals surface area contributed by atoms with Crippen molar-refractivity contribution in [3.8, 4) is 0 Å². The van der Waals surface area contributed by atoms with E-state index in [0.29, 0.717) is 22.0 Å². The molecule has 27 heavy (non-hydrogen) atoms. The average molecular weight is 382 g/mol. The fourth-order valence-corrected chi connectivity index (χ4v) is 2.94. The molecule has 2 amide bonds. The summed E-state index contributed by atoms with van der Waals surface area (Å²) in [5.41, 5.74) is 3.14. The van der Waals surface area contributed by atoms with E-state index < -0.39 is 0 Å². The van der Waals surface area contributed by atoms with E-state index in [0.717, 1.165) is 16.6 Å². The molecule has 5 nitrogen and oxygen atoms in total. The van der Waals surface area contributed by atoms with Gasteiger partial charge >= 0.3 is 0 Å². The molecule has 0 aliphatic carbocycles. The van der Waals surface area contributed by atoms with Crippen molar-refractivity contribution in [3.63, 3.8) is 0 Å². The van der Waals surface area contributed by atoms with Crippen molar-refractivity contribution in [2.75, 3.05) is 10.6 Å². The second-order valence-electron chi connectivity index (χ2n) is 6.60. The topological polar surface area (TPSA) is 71.1 Å². The minimum absolute atomic E-state index is 0.188. The molecule has 0 saturated carbocycles. The maximum Gasteiger partial charge on any atom is 0.256 e. The number of fused-ring (bicyclic) bond motifs is 1. The number of anilines is 2. The van der Waals surface area contributed by atoms with Crippen LogP contribution in [0.1, 0.15) is 42.7 Å². The molecule has 3 rings (SSSR count). The summed E-state index contributed by atoms with van der Waals surface area (Å²) in [5.74, 6) is -0.290. The number of hydrogen-bond acceptors (Lipinski definition) is 3. The number of aromatic nitrogens is 1. The number of amides is 2. The first-order valence-corrected chi connectivity index (χ1v) is 9.01. The molecule has 0 spiro atoms. The number of halogens is 1. The molecular weight excluding hydrogens is 362 g/mol. The van der Waals surface area contributed by atoms with Crippen molar-refractivity contribution >= 4 is 45.7 Å². The van der Waals surface area contributed by atoms with Crippen molar-refractivity contribution < 1.29 is 9.59 Å². The van der Waals surface area contributed by atoms with Crippen molar-refractivity contribution in [2.24, 2.45) is 0 Å². The molecule has 0 radical (unpaired) electrons. The van der Waals surface area contributed by atoms with Gasteiger partial charge in [-0.2, -0.15) is 0 Å². The van der Waals surface area contributed by atoms with Crippen LogP contribution in [0.5, 0.6) is 0 Å². The standard InChI is InChI=1S/C21H20ClN3O2/c1-12(2)19-11-16(15-6-4-5-7-18(15)24-19)21(27)25-20-10-14(23-13(3)26)8-9-17(20)22/h4-12H,1-3H3,(H,23,26)(H,25,27). The van der Waals surface area contributed by atoms with Crippen LogP contribution in [0.2, 0.25) is 5.02 Å². The normalized spacial score (nSPS) is 10.9. The molecule has 0 aliphatic rings. The zero-order valence-electron chi connectivity index (χ0n) is 15.3. The van der Waals surface area contributed by atoms with E-state index in [-0.39, 0.29) is 17.7 Å². The van der Waals surface area contributed by atoms with Gasteiger partial charge in [-0.15, -0.1) is 0 Å². The number of nitrogens with one attached hydrogen (secondary N) is 2. The third kappa shape index (κ3) is 4.26. The van der Waals surface area contributed by atoms with Gasteiger partial charge in [-0.25, -0.2) is 0 Å². The number of nitrogens with zero attached hydrogens (tertiary/aromatic N) is 1. The third-order valence-electron chi connectivity index (χ3n) is 4.11. The quantitative estimate of drug-likeness (QED) is 0.650. The maximum absolute atomic E-state index is 13.0. The van der Waals surface area contributed by atoms with Crippen molar-refractivity contribution in [1.82, 2.24) is 4.98 Å². The lowest BCUT2D eigenvalue weighted by Crippen LogP contribution is -2.14. The summed E-state index contributed by atoms with van der Waals surface area (Å²) in [7, 11) is 0. The Kier molecular flexibility index (Phi) is 5.42. The maximum atomic E-state index is 13.0. The summed E-state index contributed by atoms with van der Waals surface area (Å²) < 4.78 is 0. The van der Waals surface area contributed by atoms with E-state index >= 15 is 0 Å². The monoisotopic (exact) mass is 381 g/mol. The van der Waals surface area contributed by atoms with Gasteiger partial charge in [0.2, 0.25) is 5.91 Å². The Morgan fingerprint density at radius 2 is 1.78 bits per heavy atom. The molecule has 3 aromatic rings. The van der Waals surface area contributed by atoms with Crippen LogP contribution in [0.15, 0.2) is 48.5 Å². The molecule has 138 valence electrons. The molecule has 1 heterocycles. The number of carbonyl (C=O) groups excluding carboxylic acids is 2. The summed E-state index contributed by atoms with van der Waals surface area (Å²) in [5, 5.41) is 6.69. The Hall–Kier alpha value is -2.92. The molecule has 0 atom stereocenters. The van der Waals surface area contributed by atoms with Crippen molar-refractivity contribution in [1.29, 1.82) is 0 Å². The predicted octanol–water partition coefficient (Wildman–Crippen LogP) is 5.22. The Morgan fingerprint density at radius 3 is 2.48 bits per heavy atom. The van der Waals surface area contributed by atoms with Gasteiger partial charge in [0.1, 0.15) is 0 Å². The zero-order valence-corrected chi connectivity index (χ0v) is 16.1.